The van der Waals surface area contributed by atoms with E-state index in [4.69, 9.17) is 10.5 Å². The third kappa shape index (κ3) is 3.26. The van der Waals surface area contributed by atoms with E-state index < -0.39 is 0 Å². The molecule has 0 aliphatic heterocycles. The van der Waals surface area contributed by atoms with E-state index in [0.29, 0.717) is 6.54 Å². The standard InChI is InChI=1S/C16H20N2O/c1-12-7-9-13(10-8-12)15(11-17)18-14-5-3-4-6-16(14)19-2/h3-10,15,18H,11,17H2,1-2H3. The molecule has 3 heteroatoms. The number of nitrogens with two attached hydrogens (primary N) is 1. The van der Waals surface area contributed by atoms with Crippen molar-refractivity contribution < 1.29 is 4.74 Å². The highest BCUT2D eigenvalue weighted by atomic mass is 16.5. The number of anilines is 1. The summed E-state index contributed by atoms with van der Waals surface area (Å²) in [5.74, 6) is 0.827. The zero-order valence-electron chi connectivity index (χ0n) is 11.4. The van der Waals surface area contributed by atoms with Crippen LogP contribution in [0.1, 0.15) is 17.2 Å². The van der Waals surface area contributed by atoms with Gasteiger partial charge in [0.2, 0.25) is 0 Å². The summed E-state index contributed by atoms with van der Waals surface area (Å²) in [5.41, 5.74) is 9.26. The Hall–Kier alpha value is -2.00. The molecule has 0 saturated carbocycles. The maximum Gasteiger partial charge on any atom is 0.141 e. The highest BCUT2D eigenvalue weighted by Gasteiger charge is 2.11. The van der Waals surface area contributed by atoms with Crippen LogP contribution in [0.2, 0.25) is 0 Å². The van der Waals surface area contributed by atoms with Gasteiger partial charge in [0, 0.05) is 6.54 Å². The highest BCUT2D eigenvalue weighted by molar-refractivity contribution is 5.57. The van der Waals surface area contributed by atoms with Gasteiger partial charge in [-0.05, 0) is 24.6 Å². The number of ether oxygens (including phenoxy) is 1. The number of para-hydroxylation sites is 2. The number of rotatable bonds is 5. The van der Waals surface area contributed by atoms with Gasteiger partial charge in [0.05, 0.1) is 18.8 Å². The second-order valence-electron chi connectivity index (χ2n) is 4.54. The third-order valence-corrected chi connectivity index (χ3v) is 3.15. The highest BCUT2D eigenvalue weighted by Crippen LogP contribution is 2.27. The average Bonchev–Trinajstić information content (AvgIpc) is 2.46. The lowest BCUT2D eigenvalue weighted by atomic mass is 10.0. The van der Waals surface area contributed by atoms with Gasteiger partial charge >= 0.3 is 0 Å². The molecule has 1 atom stereocenters. The molecule has 100 valence electrons. The Kier molecular flexibility index (Phi) is 4.42. The second-order valence-corrected chi connectivity index (χ2v) is 4.54. The number of benzene rings is 2. The van der Waals surface area contributed by atoms with E-state index in [1.165, 1.54) is 11.1 Å². The molecule has 0 saturated heterocycles. The maximum atomic E-state index is 5.88. The zero-order chi connectivity index (χ0) is 13.7. The summed E-state index contributed by atoms with van der Waals surface area (Å²) in [6.45, 7) is 2.61. The molecule has 2 aromatic carbocycles. The van der Waals surface area contributed by atoms with E-state index in [2.05, 4.69) is 36.5 Å². The number of hydrogen-bond donors (Lipinski definition) is 2. The molecular formula is C16H20N2O. The van der Waals surface area contributed by atoms with Crippen LogP contribution in [-0.4, -0.2) is 13.7 Å². The average molecular weight is 256 g/mol. The minimum absolute atomic E-state index is 0.0805. The minimum Gasteiger partial charge on any atom is -0.495 e. The van der Waals surface area contributed by atoms with Crippen LogP contribution in [0.15, 0.2) is 48.5 Å². The van der Waals surface area contributed by atoms with Crippen molar-refractivity contribution in [3.05, 3.63) is 59.7 Å². The largest absolute Gasteiger partial charge is 0.495 e. The first-order valence-corrected chi connectivity index (χ1v) is 6.40. The summed E-state index contributed by atoms with van der Waals surface area (Å²) in [5, 5.41) is 3.43. The summed E-state index contributed by atoms with van der Waals surface area (Å²) in [4.78, 5) is 0. The molecule has 0 bridgehead atoms. The first-order chi connectivity index (χ1) is 9.24. The number of nitrogens with one attached hydrogen (secondary N) is 1. The summed E-state index contributed by atoms with van der Waals surface area (Å²) >= 11 is 0. The second kappa shape index (κ2) is 6.25. The van der Waals surface area contributed by atoms with Crippen LogP contribution in [0.3, 0.4) is 0 Å². The van der Waals surface area contributed by atoms with Gasteiger partial charge in [0.1, 0.15) is 5.75 Å². The Bertz CT molecular complexity index is 523. The molecule has 0 aliphatic carbocycles. The molecule has 0 radical (unpaired) electrons. The first kappa shape index (κ1) is 13.4. The van der Waals surface area contributed by atoms with Crippen molar-refractivity contribution in [2.75, 3.05) is 19.0 Å². The molecule has 0 heterocycles. The lowest BCUT2D eigenvalue weighted by Gasteiger charge is -2.20. The molecule has 2 aromatic rings. The maximum absolute atomic E-state index is 5.88. The van der Waals surface area contributed by atoms with Gasteiger partial charge in [0.25, 0.3) is 0 Å². The molecule has 0 fully saturated rings. The van der Waals surface area contributed by atoms with Crippen molar-refractivity contribution in [3.63, 3.8) is 0 Å². The quantitative estimate of drug-likeness (QED) is 0.864. The summed E-state index contributed by atoms with van der Waals surface area (Å²) in [6, 6.07) is 16.4. The van der Waals surface area contributed by atoms with Gasteiger partial charge in [0.15, 0.2) is 0 Å². The minimum atomic E-state index is 0.0805. The molecule has 3 nitrogen and oxygen atoms in total. The molecular weight excluding hydrogens is 236 g/mol. The molecule has 0 spiro atoms. The Balaban J connectivity index is 2.21. The van der Waals surface area contributed by atoms with Gasteiger partial charge in [-0.1, -0.05) is 42.0 Å². The third-order valence-electron chi connectivity index (χ3n) is 3.15. The van der Waals surface area contributed by atoms with Crippen LogP contribution in [0.4, 0.5) is 5.69 Å². The van der Waals surface area contributed by atoms with Crippen LogP contribution in [0.25, 0.3) is 0 Å². The Morgan fingerprint density at radius 3 is 2.42 bits per heavy atom. The van der Waals surface area contributed by atoms with E-state index in [-0.39, 0.29) is 6.04 Å². The lowest BCUT2D eigenvalue weighted by Crippen LogP contribution is -2.20. The van der Waals surface area contributed by atoms with Gasteiger partial charge in [-0.3, -0.25) is 0 Å². The van der Waals surface area contributed by atoms with E-state index in [1.807, 2.05) is 24.3 Å². The van der Waals surface area contributed by atoms with Crippen molar-refractivity contribution in [2.24, 2.45) is 5.73 Å². The van der Waals surface area contributed by atoms with Crippen LogP contribution < -0.4 is 15.8 Å². The van der Waals surface area contributed by atoms with Crippen molar-refractivity contribution in [1.82, 2.24) is 0 Å². The van der Waals surface area contributed by atoms with E-state index in [0.717, 1.165) is 11.4 Å². The van der Waals surface area contributed by atoms with E-state index >= 15 is 0 Å². The Morgan fingerprint density at radius 2 is 1.79 bits per heavy atom. The molecule has 0 amide bonds. The van der Waals surface area contributed by atoms with Gasteiger partial charge in [-0.25, -0.2) is 0 Å². The van der Waals surface area contributed by atoms with Crippen LogP contribution >= 0.6 is 0 Å². The van der Waals surface area contributed by atoms with Crippen molar-refractivity contribution in [3.8, 4) is 5.75 Å². The van der Waals surface area contributed by atoms with Crippen LogP contribution in [0, 0.1) is 6.92 Å². The normalized spacial score (nSPS) is 11.9. The van der Waals surface area contributed by atoms with E-state index in [1.54, 1.807) is 7.11 Å². The fourth-order valence-corrected chi connectivity index (χ4v) is 2.03. The SMILES string of the molecule is COc1ccccc1NC(CN)c1ccc(C)cc1. The molecule has 2 rings (SSSR count). The molecule has 3 N–H and O–H groups in total. The number of hydrogen-bond acceptors (Lipinski definition) is 3. The fraction of sp³-hybridized carbons (Fsp3) is 0.250. The van der Waals surface area contributed by atoms with Gasteiger partial charge in [-0.2, -0.15) is 0 Å². The van der Waals surface area contributed by atoms with Crippen molar-refractivity contribution >= 4 is 5.69 Å². The molecule has 0 aliphatic rings. The number of aryl methyl sites for hydroxylation is 1. The number of methoxy groups -OCH3 is 1. The van der Waals surface area contributed by atoms with Crippen molar-refractivity contribution in [1.29, 1.82) is 0 Å². The molecule has 19 heavy (non-hydrogen) atoms. The Labute approximate surface area is 114 Å². The summed E-state index contributed by atoms with van der Waals surface area (Å²) in [6.07, 6.45) is 0. The van der Waals surface area contributed by atoms with Gasteiger partial charge in [-0.15, -0.1) is 0 Å². The van der Waals surface area contributed by atoms with Crippen molar-refractivity contribution in [2.45, 2.75) is 13.0 Å². The smallest absolute Gasteiger partial charge is 0.141 e. The summed E-state index contributed by atoms with van der Waals surface area (Å²) < 4.78 is 5.34. The van der Waals surface area contributed by atoms with E-state index in [9.17, 15) is 0 Å². The van der Waals surface area contributed by atoms with Crippen LogP contribution in [-0.2, 0) is 0 Å². The topological polar surface area (TPSA) is 47.3 Å². The Morgan fingerprint density at radius 1 is 1.11 bits per heavy atom. The summed E-state index contributed by atoms with van der Waals surface area (Å²) in [7, 11) is 1.67. The molecule has 1 unspecified atom stereocenters. The van der Waals surface area contributed by atoms with Crippen LogP contribution in [0.5, 0.6) is 5.75 Å². The zero-order valence-corrected chi connectivity index (χ0v) is 11.4. The monoisotopic (exact) mass is 256 g/mol. The first-order valence-electron chi connectivity index (χ1n) is 6.40. The predicted molar refractivity (Wildman–Crippen MR) is 79.6 cm³/mol. The molecule has 0 aromatic heterocycles. The lowest BCUT2D eigenvalue weighted by molar-refractivity contribution is 0.416. The predicted octanol–water partition coefficient (Wildman–Crippen LogP) is 3.12. The fourth-order valence-electron chi connectivity index (χ4n) is 2.03. The van der Waals surface area contributed by atoms with Gasteiger partial charge < -0.3 is 15.8 Å².